The van der Waals surface area contributed by atoms with Crippen LogP contribution in [0, 0.1) is 6.92 Å². The first-order valence-corrected chi connectivity index (χ1v) is 8.46. The lowest BCUT2D eigenvalue weighted by molar-refractivity contribution is -0.114. The van der Waals surface area contributed by atoms with E-state index in [0.29, 0.717) is 0 Å². The molecule has 2 rings (SSSR count). The first-order valence-electron chi connectivity index (χ1n) is 7.67. The Balaban J connectivity index is 2.03. The zero-order valence-corrected chi connectivity index (χ0v) is 15.6. The van der Waals surface area contributed by atoms with Gasteiger partial charge in [-0.25, -0.2) is 0 Å². The first kappa shape index (κ1) is 17.5. The summed E-state index contributed by atoms with van der Waals surface area (Å²) in [6.45, 7) is 8.67. The Bertz CT molecular complexity index is 705. The highest BCUT2D eigenvalue weighted by Gasteiger charge is 2.18. The normalized spacial score (nSPS) is 11.2. The third kappa shape index (κ3) is 4.83. The molecule has 1 amide bonds. The zero-order valence-electron chi connectivity index (χ0n) is 14.0. The third-order valence-electron chi connectivity index (χ3n) is 3.57. The lowest BCUT2D eigenvalue weighted by Crippen LogP contribution is -2.24. The smallest absolute Gasteiger partial charge is 0.243 e. The van der Waals surface area contributed by atoms with Crippen LogP contribution in [0.5, 0.6) is 0 Å². The summed E-state index contributed by atoms with van der Waals surface area (Å²) in [5, 5.41) is 6.16. The molecule has 0 aliphatic rings. The van der Waals surface area contributed by atoms with E-state index in [1.54, 1.807) is 0 Å². The third-order valence-corrected chi connectivity index (χ3v) is 4.23. The maximum atomic E-state index is 12.3. The molecule has 0 aromatic heterocycles. The SMILES string of the molecule is Cc1ccc(NCC(=O)Nc2ccccc2C(C)(C)C)c(Br)c1. The lowest BCUT2D eigenvalue weighted by Gasteiger charge is -2.23. The van der Waals surface area contributed by atoms with Crippen LogP contribution < -0.4 is 10.6 Å². The van der Waals surface area contributed by atoms with Gasteiger partial charge in [-0.2, -0.15) is 0 Å². The molecule has 0 aliphatic heterocycles. The molecule has 0 saturated carbocycles. The molecule has 0 aliphatic carbocycles. The van der Waals surface area contributed by atoms with Gasteiger partial charge in [-0.15, -0.1) is 0 Å². The summed E-state index contributed by atoms with van der Waals surface area (Å²) in [5.74, 6) is -0.0609. The largest absolute Gasteiger partial charge is 0.375 e. The van der Waals surface area contributed by atoms with Gasteiger partial charge < -0.3 is 10.6 Å². The van der Waals surface area contributed by atoms with Crippen molar-refractivity contribution in [1.82, 2.24) is 0 Å². The van der Waals surface area contributed by atoms with Gasteiger partial charge in [0.2, 0.25) is 5.91 Å². The number of anilines is 2. The number of aryl methyl sites for hydroxylation is 1. The average Bonchev–Trinajstić information content (AvgIpc) is 2.46. The first-order chi connectivity index (χ1) is 10.8. The Morgan fingerprint density at radius 2 is 1.78 bits per heavy atom. The van der Waals surface area contributed by atoms with Gasteiger partial charge >= 0.3 is 0 Å². The van der Waals surface area contributed by atoms with E-state index in [9.17, 15) is 4.79 Å². The molecule has 0 atom stereocenters. The lowest BCUT2D eigenvalue weighted by atomic mass is 9.86. The second-order valence-corrected chi connectivity index (χ2v) is 7.53. The number of hydrogen-bond acceptors (Lipinski definition) is 2. The molecule has 0 heterocycles. The van der Waals surface area contributed by atoms with Gasteiger partial charge in [-0.05, 0) is 57.6 Å². The number of rotatable bonds is 4. The van der Waals surface area contributed by atoms with Crippen LogP contribution in [0.25, 0.3) is 0 Å². The summed E-state index contributed by atoms with van der Waals surface area (Å²) < 4.78 is 0.959. The standard InChI is InChI=1S/C19H23BrN2O/c1-13-9-10-17(15(20)11-13)21-12-18(23)22-16-8-6-5-7-14(16)19(2,3)4/h5-11,21H,12H2,1-4H3,(H,22,23). The highest BCUT2D eigenvalue weighted by atomic mass is 79.9. The van der Waals surface area contributed by atoms with E-state index in [2.05, 4.69) is 53.4 Å². The Kier molecular flexibility index (Phi) is 5.47. The minimum atomic E-state index is -0.0609. The molecule has 0 bridgehead atoms. The predicted molar refractivity (Wildman–Crippen MR) is 101 cm³/mol. The van der Waals surface area contributed by atoms with Crippen molar-refractivity contribution in [2.24, 2.45) is 0 Å². The van der Waals surface area contributed by atoms with E-state index >= 15 is 0 Å². The quantitative estimate of drug-likeness (QED) is 0.780. The van der Waals surface area contributed by atoms with Crippen molar-refractivity contribution in [3.63, 3.8) is 0 Å². The number of benzene rings is 2. The van der Waals surface area contributed by atoms with Crippen LogP contribution in [-0.4, -0.2) is 12.5 Å². The number of amides is 1. The zero-order chi connectivity index (χ0) is 17.0. The van der Waals surface area contributed by atoms with Gasteiger partial charge in [-0.1, -0.05) is 45.0 Å². The van der Waals surface area contributed by atoms with Crippen molar-refractivity contribution in [3.05, 3.63) is 58.1 Å². The van der Waals surface area contributed by atoms with Crippen LogP contribution in [0.4, 0.5) is 11.4 Å². The average molecular weight is 375 g/mol. The molecular formula is C19H23BrN2O. The fourth-order valence-corrected chi connectivity index (χ4v) is 3.01. The number of carbonyl (C=O) groups is 1. The van der Waals surface area contributed by atoms with E-state index in [4.69, 9.17) is 0 Å². The molecule has 2 aromatic carbocycles. The van der Waals surface area contributed by atoms with Gasteiger partial charge in [0.15, 0.2) is 0 Å². The van der Waals surface area contributed by atoms with Gasteiger partial charge in [0.1, 0.15) is 0 Å². The van der Waals surface area contributed by atoms with Crippen LogP contribution in [0.3, 0.4) is 0 Å². The van der Waals surface area contributed by atoms with Crippen molar-refractivity contribution >= 4 is 33.2 Å². The molecule has 0 spiro atoms. The molecular weight excluding hydrogens is 352 g/mol. The number of halogens is 1. The Morgan fingerprint density at radius 1 is 1.09 bits per heavy atom. The van der Waals surface area contributed by atoms with Crippen molar-refractivity contribution in [2.75, 3.05) is 17.2 Å². The van der Waals surface area contributed by atoms with Crippen LogP contribution >= 0.6 is 15.9 Å². The topological polar surface area (TPSA) is 41.1 Å². The Hall–Kier alpha value is -1.81. The second kappa shape index (κ2) is 7.18. The monoisotopic (exact) mass is 374 g/mol. The number of para-hydroxylation sites is 1. The van der Waals surface area contributed by atoms with E-state index in [1.807, 2.05) is 43.3 Å². The van der Waals surface area contributed by atoms with Crippen LogP contribution in [0.1, 0.15) is 31.9 Å². The molecule has 0 fully saturated rings. The highest BCUT2D eigenvalue weighted by Crippen LogP contribution is 2.29. The predicted octanol–water partition coefficient (Wildman–Crippen LogP) is 5.11. The number of nitrogens with one attached hydrogen (secondary N) is 2. The van der Waals surface area contributed by atoms with E-state index in [1.165, 1.54) is 5.56 Å². The van der Waals surface area contributed by atoms with Gasteiger partial charge in [-0.3, -0.25) is 4.79 Å². The van der Waals surface area contributed by atoms with E-state index < -0.39 is 0 Å². The maximum Gasteiger partial charge on any atom is 0.243 e. The Labute approximate surface area is 146 Å². The maximum absolute atomic E-state index is 12.3. The highest BCUT2D eigenvalue weighted by molar-refractivity contribution is 9.10. The molecule has 2 N–H and O–H groups in total. The fourth-order valence-electron chi connectivity index (χ4n) is 2.38. The summed E-state index contributed by atoms with van der Waals surface area (Å²) in [6, 6.07) is 13.9. The molecule has 3 nitrogen and oxygen atoms in total. The van der Waals surface area contributed by atoms with Crippen molar-refractivity contribution in [2.45, 2.75) is 33.1 Å². The van der Waals surface area contributed by atoms with Gasteiger partial charge in [0, 0.05) is 15.8 Å². The molecule has 0 unspecified atom stereocenters. The van der Waals surface area contributed by atoms with Crippen molar-refractivity contribution < 1.29 is 4.79 Å². The van der Waals surface area contributed by atoms with Gasteiger partial charge in [0.25, 0.3) is 0 Å². The number of hydrogen-bond donors (Lipinski definition) is 2. The van der Waals surface area contributed by atoms with Crippen molar-refractivity contribution in [1.29, 1.82) is 0 Å². The number of carbonyl (C=O) groups excluding carboxylic acids is 1. The van der Waals surface area contributed by atoms with Crippen LogP contribution in [-0.2, 0) is 10.2 Å². The molecule has 122 valence electrons. The molecule has 4 heteroatoms. The van der Waals surface area contributed by atoms with Crippen LogP contribution in [0.2, 0.25) is 0 Å². The minimum absolute atomic E-state index is 0.0166. The molecule has 0 saturated heterocycles. The molecule has 2 aromatic rings. The summed E-state index contributed by atoms with van der Waals surface area (Å²) >= 11 is 3.51. The minimum Gasteiger partial charge on any atom is -0.375 e. The molecule has 0 radical (unpaired) electrons. The fraction of sp³-hybridized carbons (Fsp3) is 0.316. The Morgan fingerprint density at radius 3 is 2.43 bits per heavy atom. The molecule has 23 heavy (non-hydrogen) atoms. The van der Waals surface area contributed by atoms with Crippen LogP contribution in [0.15, 0.2) is 46.9 Å². The second-order valence-electron chi connectivity index (χ2n) is 6.68. The summed E-state index contributed by atoms with van der Waals surface area (Å²) in [6.07, 6.45) is 0. The summed E-state index contributed by atoms with van der Waals surface area (Å²) in [4.78, 5) is 12.3. The van der Waals surface area contributed by atoms with Crippen molar-refractivity contribution in [3.8, 4) is 0 Å². The van der Waals surface area contributed by atoms with E-state index in [0.717, 1.165) is 21.4 Å². The van der Waals surface area contributed by atoms with Gasteiger partial charge in [0.05, 0.1) is 6.54 Å². The summed E-state index contributed by atoms with van der Waals surface area (Å²) in [5.41, 5.74) is 4.07. The van der Waals surface area contributed by atoms with E-state index in [-0.39, 0.29) is 17.9 Å². The summed E-state index contributed by atoms with van der Waals surface area (Å²) in [7, 11) is 0.